The molecular formula is C24H24N4O6. The molecule has 3 heterocycles. The lowest BCUT2D eigenvalue weighted by atomic mass is 10.0. The van der Waals surface area contributed by atoms with Crippen LogP contribution in [0, 0.1) is 0 Å². The van der Waals surface area contributed by atoms with Crippen molar-refractivity contribution >= 4 is 28.9 Å². The molecule has 0 atom stereocenters. The average molecular weight is 464 g/mol. The molecule has 2 aromatic carbocycles. The molecule has 176 valence electrons. The molecule has 0 saturated carbocycles. The van der Waals surface area contributed by atoms with Crippen molar-refractivity contribution in [1.82, 2.24) is 20.0 Å². The molecule has 3 aromatic rings. The number of carbonyl (C=O) groups excluding carboxylic acids is 1. The molecule has 10 nitrogen and oxygen atoms in total. The standard InChI is InChI=1S/C24H24N4O6/c1-32-20-11-15-21(29)19(12-18-14-5-3-4-6-17(14)25-26-18)34-22(15)16(23(20)33-2)13-27-7-9-28(10-8-27)24(30)31/h3-6,11-12H,7-10,13H2,1-2H3,(H,25,26)(H,30,31)/b19-12-. The number of aromatic nitrogens is 2. The number of ether oxygens (including phenoxy) is 3. The Morgan fingerprint density at radius 1 is 1.21 bits per heavy atom. The minimum absolute atomic E-state index is 0.166. The number of amides is 1. The highest BCUT2D eigenvalue weighted by molar-refractivity contribution is 6.15. The number of carbonyl (C=O) groups is 2. The van der Waals surface area contributed by atoms with Crippen molar-refractivity contribution in [2.45, 2.75) is 6.54 Å². The number of rotatable bonds is 5. The summed E-state index contributed by atoms with van der Waals surface area (Å²) in [5, 5.41) is 17.4. The second-order valence-corrected chi connectivity index (χ2v) is 8.11. The summed E-state index contributed by atoms with van der Waals surface area (Å²) in [4.78, 5) is 28.0. The maximum Gasteiger partial charge on any atom is 0.407 e. The lowest BCUT2D eigenvalue weighted by Gasteiger charge is -2.33. The van der Waals surface area contributed by atoms with Gasteiger partial charge in [0.2, 0.25) is 5.78 Å². The first-order valence-electron chi connectivity index (χ1n) is 10.9. The van der Waals surface area contributed by atoms with E-state index in [0.717, 1.165) is 10.9 Å². The number of ketones is 1. The molecule has 1 fully saturated rings. The number of piperazine rings is 1. The van der Waals surface area contributed by atoms with Gasteiger partial charge >= 0.3 is 6.09 Å². The molecule has 0 unspecified atom stereocenters. The minimum Gasteiger partial charge on any atom is -0.493 e. The molecule has 0 radical (unpaired) electrons. The zero-order chi connectivity index (χ0) is 23.8. The summed E-state index contributed by atoms with van der Waals surface area (Å²) in [6, 6.07) is 9.28. The Hall–Kier alpha value is -4.05. The van der Waals surface area contributed by atoms with E-state index in [1.807, 2.05) is 24.3 Å². The van der Waals surface area contributed by atoms with Crippen LogP contribution in [0.1, 0.15) is 21.6 Å². The molecule has 2 aliphatic rings. The smallest absolute Gasteiger partial charge is 0.407 e. The third-order valence-corrected chi connectivity index (χ3v) is 6.19. The lowest BCUT2D eigenvalue weighted by molar-refractivity contribution is 0.101. The number of H-pyrrole nitrogens is 1. The summed E-state index contributed by atoms with van der Waals surface area (Å²) < 4.78 is 17.3. The quantitative estimate of drug-likeness (QED) is 0.554. The number of nitrogens with one attached hydrogen (secondary N) is 1. The van der Waals surface area contributed by atoms with Crippen LogP contribution in [-0.2, 0) is 6.54 Å². The predicted molar refractivity (Wildman–Crippen MR) is 123 cm³/mol. The van der Waals surface area contributed by atoms with Crippen LogP contribution in [0.4, 0.5) is 4.79 Å². The first-order valence-corrected chi connectivity index (χ1v) is 10.9. The fourth-order valence-electron chi connectivity index (χ4n) is 4.40. The fourth-order valence-corrected chi connectivity index (χ4v) is 4.40. The number of hydrogen-bond acceptors (Lipinski definition) is 7. The first kappa shape index (κ1) is 21.8. The van der Waals surface area contributed by atoms with E-state index in [-0.39, 0.29) is 11.5 Å². The van der Waals surface area contributed by atoms with Gasteiger partial charge in [0, 0.05) is 44.2 Å². The van der Waals surface area contributed by atoms with Gasteiger partial charge in [0.15, 0.2) is 17.3 Å². The summed E-state index contributed by atoms with van der Waals surface area (Å²) in [6.07, 6.45) is 0.712. The van der Waals surface area contributed by atoms with Gasteiger partial charge < -0.3 is 24.2 Å². The molecule has 1 saturated heterocycles. The zero-order valence-electron chi connectivity index (χ0n) is 18.8. The van der Waals surface area contributed by atoms with E-state index in [9.17, 15) is 14.7 Å². The monoisotopic (exact) mass is 464 g/mol. The van der Waals surface area contributed by atoms with Crippen molar-refractivity contribution in [3.63, 3.8) is 0 Å². The largest absolute Gasteiger partial charge is 0.493 e. The predicted octanol–water partition coefficient (Wildman–Crippen LogP) is 2.99. The van der Waals surface area contributed by atoms with Crippen LogP contribution in [0.2, 0.25) is 0 Å². The molecule has 5 rings (SSSR count). The number of hydrogen-bond donors (Lipinski definition) is 2. The normalized spacial score (nSPS) is 17.2. The maximum absolute atomic E-state index is 13.3. The van der Waals surface area contributed by atoms with E-state index in [0.29, 0.717) is 66.8 Å². The van der Waals surface area contributed by atoms with Gasteiger partial charge in [-0.15, -0.1) is 0 Å². The van der Waals surface area contributed by atoms with Crippen LogP contribution in [0.15, 0.2) is 36.1 Å². The van der Waals surface area contributed by atoms with E-state index < -0.39 is 6.09 Å². The van der Waals surface area contributed by atoms with Crippen LogP contribution >= 0.6 is 0 Å². The van der Waals surface area contributed by atoms with Gasteiger partial charge in [0.1, 0.15) is 5.75 Å². The molecule has 0 bridgehead atoms. The number of Topliss-reactive ketones (excluding diaryl/α,β-unsaturated/α-hetero) is 1. The van der Waals surface area contributed by atoms with Crippen LogP contribution in [-0.4, -0.2) is 77.4 Å². The highest BCUT2D eigenvalue weighted by atomic mass is 16.5. The number of carboxylic acid groups (broad SMARTS) is 1. The Labute approximate surface area is 195 Å². The topological polar surface area (TPSA) is 117 Å². The molecular weight excluding hydrogens is 440 g/mol. The number of methoxy groups -OCH3 is 2. The minimum atomic E-state index is -0.922. The number of aromatic amines is 1. The van der Waals surface area contributed by atoms with Crippen molar-refractivity contribution < 1.29 is 28.9 Å². The zero-order valence-corrected chi connectivity index (χ0v) is 18.8. The first-order chi connectivity index (χ1) is 16.5. The Balaban J connectivity index is 1.50. The van der Waals surface area contributed by atoms with Crippen molar-refractivity contribution in [2.75, 3.05) is 40.4 Å². The summed E-state index contributed by atoms with van der Waals surface area (Å²) in [5.41, 5.74) is 2.55. The molecule has 2 aliphatic heterocycles. The van der Waals surface area contributed by atoms with Gasteiger partial charge in [-0.25, -0.2) is 4.79 Å². The van der Waals surface area contributed by atoms with Crippen molar-refractivity contribution in [1.29, 1.82) is 0 Å². The summed E-state index contributed by atoms with van der Waals surface area (Å²) in [6.45, 7) is 2.33. The highest BCUT2D eigenvalue weighted by Gasteiger charge is 2.35. The van der Waals surface area contributed by atoms with Crippen LogP contribution < -0.4 is 14.2 Å². The van der Waals surface area contributed by atoms with E-state index in [2.05, 4.69) is 15.1 Å². The molecule has 2 N–H and O–H groups in total. The van der Waals surface area contributed by atoms with E-state index >= 15 is 0 Å². The molecule has 1 aromatic heterocycles. The third kappa shape index (κ3) is 3.71. The lowest BCUT2D eigenvalue weighted by Crippen LogP contribution is -2.47. The number of benzene rings is 2. The molecule has 0 spiro atoms. The Morgan fingerprint density at radius 2 is 1.97 bits per heavy atom. The van der Waals surface area contributed by atoms with Gasteiger partial charge in [-0.3, -0.25) is 14.8 Å². The number of nitrogens with zero attached hydrogens (tertiary/aromatic N) is 3. The van der Waals surface area contributed by atoms with Crippen LogP contribution in [0.25, 0.3) is 17.0 Å². The molecule has 0 aliphatic carbocycles. The number of para-hydroxylation sites is 1. The summed E-state index contributed by atoms with van der Waals surface area (Å²) >= 11 is 0. The second kappa shape index (κ2) is 8.71. The number of allylic oxidation sites excluding steroid dienone is 1. The highest BCUT2D eigenvalue weighted by Crippen LogP contribution is 2.46. The van der Waals surface area contributed by atoms with E-state index in [1.54, 1.807) is 19.3 Å². The third-order valence-electron chi connectivity index (χ3n) is 6.19. The van der Waals surface area contributed by atoms with E-state index in [4.69, 9.17) is 14.2 Å². The maximum atomic E-state index is 13.3. The van der Waals surface area contributed by atoms with Crippen molar-refractivity contribution in [3.05, 3.63) is 52.9 Å². The van der Waals surface area contributed by atoms with Crippen LogP contribution in [0.5, 0.6) is 17.2 Å². The summed E-state index contributed by atoms with van der Waals surface area (Å²) in [7, 11) is 3.06. The summed E-state index contributed by atoms with van der Waals surface area (Å²) in [5.74, 6) is 1.25. The molecule has 34 heavy (non-hydrogen) atoms. The average Bonchev–Trinajstić information content (AvgIpc) is 3.40. The Morgan fingerprint density at radius 3 is 2.68 bits per heavy atom. The van der Waals surface area contributed by atoms with Crippen LogP contribution in [0.3, 0.4) is 0 Å². The van der Waals surface area contributed by atoms with Crippen molar-refractivity contribution in [2.24, 2.45) is 0 Å². The van der Waals surface area contributed by atoms with Gasteiger partial charge in [0.05, 0.1) is 36.6 Å². The Bertz CT molecular complexity index is 1310. The fraction of sp³-hybridized carbons (Fsp3) is 0.292. The Kier molecular flexibility index (Phi) is 5.58. The molecule has 1 amide bonds. The van der Waals surface area contributed by atoms with Gasteiger partial charge in [-0.1, -0.05) is 18.2 Å². The van der Waals surface area contributed by atoms with Gasteiger partial charge in [0.25, 0.3) is 0 Å². The van der Waals surface area contributed by atoms with Gasteiger partial charge in [-0.2, -0.15) is 5.10 Å². The SMILES string of the molecule is COc1cc2c(c(CN3CCN(C(=O)O)CC3)c1OC)O/C(=C\c1n[nH]c3ccccc13)C2=O. The second-order valence-electron chi connectivity index (χ2n) is 8.11. The van der Waals surface area contributed by atoms with Gasteiger partial charge in [-0.05, 0) is 12.1 Å². The molecule has 10 heteroatoms. The van der Waals surface area contributed by atoms with Crippen molar-refractivity contribution in [3.8, 4) is 17.2 Å². The van der Waals surface area contributed by atoms with E-state index in [1.165, 1.54) is 12.0 Å². The number of fused-ring (bicyclic) bond motifs is 2.